The number of nitrogens with zero attached hydrogens (tertiary/aromatic N) is 3. The molecule has 1 saturated heterocycles. The largest absolute Gasteiger partial charge is 0.312 e. The normalized spacial score (nSPS) is 22.4. The lowest BCUT2D eigenvalue weighted by Gasteiger charge is -2.26. The molecule has 1 aromatic rings. The highest BCUT2D eigenvalue weighted by atomic mass is 15.3. The van der Waals surface area contributed by atoms with Gasteiger partial charge in [-0.15, -0.1) is 0 Å². The first kappa shape index (κ1) is 13.6. The molecule has 0 amide bonds. The Morgan fingerprint density at radius 3 is 2.89 bits per heavy atom. The van der Waals surface area contributed by atoms with E-state index in [1.165, 1.54) is 18.7 Å². The summed E-state index contributed by atoms with van der Waals surface area (Å²) in [5.41, 5.74) is 2.43. The summed E-state index contributed by atoms with van der Waals surface area (Å²) in [5, 5.41) is 8.08. The Morgan fingerprint density at radius 2 is 2.28 bits per heavy atom. The Bertz CT molecular complexity index is 383. The summed E-state index contributed by atoms with van der Waals surface area (Å²) in [4.78, 5) is 2.56. The van der Waals surface area contributed by atoms with E-state index in [1.807, 2.05) is 11.7 Å². The van der Waals surface area contributed by atoms with Crippen molar-refractivity contribution in [2.24, 2.45) is 13.0 Å². The Hall–Kier alpha value is -0.870. The van der Waals surface area contributed by atoms with Gasteiger partial charge in [-0.05, 0) is 38.4 Å². The molecule has 4 nitrogen and oxygen atoms in total. The molecule has 0 radical (unpaired) electrons. The van der Waals surface area contributed by atoms with Crippen LogP contribution in [-0.2, 0) is 13.6 Å². The fourth-order valence-corrected chi connectivity index (χ4v) is 2.66. The third-order valence-electron chi connectivity index (χ3n) is 3.80. The van der Waals surface area contributed by atoms with Crippen molar-refractivity contribution in [1.82, 2.24) is 20.0 Å². The van der Waals surface area contributed by atoms with Crippen LogP contribution in [0.25, 0.3) is 0 Å². The summed E-state index contributed by atoms with van der Waals surface area (Å²) >= 11 is 0. The van der Waals surface area contributed by atoms with Crippen LogP contribution in [0.15, 0.2) is 6.07 Å². The van der Waals surface area contributed by atoms with E-state index >= 15 is 0 Å². The molecule has 0 aliphatic carbocycles. The second kappa shape index (κ2) is 5.85. The summed E-state index contributed by atoms with van der Waals surface area (Å²) in [5.74, 6) is 0.693. The van der Waals surface area contributed by atoms with Crippen molar-refractivity contribution in [3.8, 4) is 0 Å². The zero-order valence-electron chi connectivity index (χ0n) is 12.1. The minimum atomic E-state index is 0.613. The summed E-state index contributed by atoms with van der Waals surface area (Å²) < 4.78 is 2.01. The Kier molecular flexibility index (Phi) is 4.40. The molecule has 102 valence electrons. The van der Waals surface area contributed by atoms with Gasteiger partial charge < -0.3 is 5.32 Å². The van der Waals surface area contributed by atoms with E-state index in [1.54, 1.807) is 0 Å². The molecule has 1 unspecified atom stereocenters. The third-order valence-corrected chi connectivity index (χ3v) is 3.80. The standard InChI is InChI=1S/C14H26N4/c1-11(2)14-10-18(7-5-6-15-14)9-13-8-12(3)16-17(13)4/h8,11,14-15H,5-7,9-10H2,1-4H3. The van der Waals surface area contributed by atoms with Crippen molar-refractivity contribution in [3.63, 3.8) is 0 Å². The van der Waals surface area contributed by atoms with Crippen LogP contribution in [0, 0.1) is 12.8 Å². The van der Waals surface area contributed by atoms with Gasteiger partial charge in [0.05, 0.1) is 11.4 Å². The maximum absolute atomic E-state index is 4.43. The summed E-state index contributed by atoms with van der Waals surface area (Å²) in [6.45, 7) is 11.1. The third kappa shape index (κ3) is 3.33. The lowest BCUT2D eigenvalue weighted by atomic mass is 10.0. The van der Waals surface area contributed by atoms with Crippen molar-refractivity contribution >= 4 is 0 Å². The van der Waals surface area contributed by atoms with Crippen LogP contribution >= 0.6 is 0 Å². The number of aryl methyl sites for hydroxylation is 2. The van der Waals surface area contributed by atoms with Gasteiger partial charge in [-0.3, -0.25) is 9.58 Å². The fraction of sp³-hybridized carbons (Fsp3) is 0.786. The van der Waals surface area contributed by atoms with E-state index in [-0.39, 0.29) is 0 Å². The Balaban J connectivity index is 2.01. The molecule has 18 heavy (non-hydrogen) atoms. The lowest BCUT2D eigenvalue weighted by Crippen LogP contribution is -2.41. The van der Waals surface area contributed by atoms with E-state index in [0.717, 1.165) is 25.3 Å². The number of nitrogens with one attached hydrogen (secondary N) is 1. The zero-order valence-corrected chi connectivity index (χ0v) is 12.1. The molecule has 1 aromatic heterocycles. The number of rotatable bonds is 3. The molecule has 1 N–H and O–H groups in total. The Morgan fingerprint density at radius 1 is 1.50 bits per heavy atom. The molecule has 0 bridgehead atoms. The van der Waals surface area contributed by atoms with Crippen LogP contribution in [0.3, 0.4) is 0 Å². The topological polar surface area (TPSA) is 33.1 Å². The first-order valence-electron chi connectivity index (χ1n) is 7.01. The summed E-state index contributed by atoms with van der Waals surface area (Å²) in [6.07, 6.45) is 1.24. The van der Waals surface area contributed by atoms with E-state index < -0.39 is 0 Å². The van der Waals surface area contributed by atoms with Gasteiger partial charge in [0, 0.05) is 26.2 Å². The number of hydrogen-bond acceptors (Lipinski definition) is 3. The molecule has 1 aliphatic rings. The highest BCUT2D eigenvalue weighted by Crippen LogP contribution is 2.12. The molecule has 1 aliphatic heterocycles. The van der Waals surface area contributed by atoms with Crippen LogP contribution in [-0.4, -0.2) is 40.4 Å². The highest BCUT2D eigenvalue weighted by molar-refractivity contribution is 5.08. The molecule has 2 rings (SSSR count). The predicted octanol–water partition coefficient (Wildman–Crippen LogP) is 1.55. The maximum atomic E-state index is 4.43. The maximum Gasteiger partial charge on any atom is 0.0597 e. The lowest BCUT2D eigenvalue weighted by molar-refractivity contribution is 0.233. The number of hydrogen-bond donors (Lipinski definition) is 1. The van der Waals surface area contributed by atoms with Gasteiger partial charge >= 0.3 is 0 Å². The fourth-order valence-electron chi connectivity index (χ4n) is 2.66. The van der Waals surface area contributed by atoms with E-state index in [0.29, 0.717) is 12.0 Å². The van der Waals surface area contributed by atoms with Gasteiger partial charge in [-0.1, -0.05) is 13.8 Å². The van der Waals surface area contributed by atoms with Crippen LogP contribution in [0.1, 0.15) is 31.7 Å². The van der Waals surface area contributed by atoms with Crippen molar-refractivity contribution in [1.29, 1.82) is 0 Å². The highest BCUT2D eigenvalue weighted by Gasteiger charge is 2.20. The van der Waals surface area contributed by atoms with Crippen molar-refractivity contribution in [2.75, 3.05) is 19.6 Å². The second-order valence-corrected chi connectivity index (χ2v) is 5.79. The van der Waals surface area contributed by atoms with Crippen molar-refractivity contribution < 1.29 is 0 Å². The Labute approximate surface area is 110 Å². The SMILES string of the molecule is Cc1cc(CN2CCCNC(C(C)C)C2)n(C)n1. The first-order chi connectivity index (χ1) is 8.56. The molecular formula is C14H26N4. The molecule has 4 heteroatoms. The van der Waals surface area contributed by atoms with Crippen LogP contribution in [0.2, 0.25) is 0 Å². The van der Waals surface area contributed by atoms with Crippen molar-refractivity contribution in [3.05, 3.63) is 17.5 Å². The second-order valence-electron chi connectivity index (χ2n) is 5.79. The smallest absolute Gasteiger partial charge is 0.0597 e. The predicted molar refractivity (Wildman–Crippen MR) is 74.5 cm³/mol. The molecule has 0 spiro atoms. The van der Waals surface area contributed by atoms with Gasteiger partial charge in [-0.2, -0.15) is 5.10 Å². The summed E-state index contributed by atoms with van der Waals surface area (Å²) in [7, 11) is 2.04. The molecule has 1 atom stereocenters. The van der Waals surface area contributed by atoms with Gasteiger partial charge in [0.25, 0.3) is 0 Å². The molecule has 0 saturated carbocycles. The van der Waals surface area contributed by atoms with Crippen LogP contribution < -0.4 is 5.32 Å². The molecule has 2 heterocycles. The zero-order chi connectivity index (χ0) is 13.1. The van der Waals surface area contributed by atoms with Gasteiger partial charge in [0.2, 0.25) is 0 Å². The minimum absolute atomic E-state index is 0.613. The van der Waals surface area contributed by atoms with Gasteiger partial charge in [-0.25, -0.2) is 0 Å². The molecule has 1 fully saturated rings. The summed E-state index contributed by atoms with van der Waals surface area (Å²) in [6, 6.07) is 2.81. The molecule has 0 aromatic carbocycles. The average Bonchev–Trinajstić information content (AvgIpc) is 2.53. The average molecular weight is 250 g/mol. The van der Waals surface area contributed by atoms with Crippen LogP contribution in [0.4, 0.5) is 0 Å². The monoisotopic (exact) mass is 250 g/mol. The quantitative estimate of drug-likeness (QED) is 0.883. The van der Waals surface area contributed by atoms with Crippen molar-refractivity contribution in [2.45, 2.75) is 39.8 Å². The minimum Gasteiger partial charge on any atom is -0.312 e. The molecular weight excluding hydrogens is 224 g/mol. The number of aromatic nitrogens is 2. The van der Waals surface area contributed by atoms with Gasteiger partial charge in [0.15, 0.2) is 0 Å². The van der Waals surface area contributed by atoms with E-state index in [4.69, 9.17) is 0 Å². The van der Waals surface area contributed by atoms with E-state index in [9.17, 15) is 0 Å². The van der Waals surface area contributed by atoms with Gasteiger partial charge in [0.1, 0.15) is 0 Å². The van der Waals surface area contributed by atoms with Crippen LogP contribution in [0.5, 0.6) is 0 Å². The van der Waals surface area contributed by atoms with E-state index in [2.05, 4.69) is 42.2 Å². The first-order valence-corrected chi connectivity index (χ1v) is 7.01.